The molecule has 1 aliphatic heterocycles. The van der Waals surface area contributed by atoms with Crippen LogP contribution in [0.1, 0.15) is 40.5 Å². The summed E-state index contributed by atoms with van der Waals surface area (Å²) in [5.41, 5.74) is 2.05. The third kappa shape index (κ3) is 4.74. The van der Waals surface area contributed by atoms with Crippen LogP contribution >= 0.6 is 0 Å². The number of halogens is 2. The van der Waals surface area contributed by atoms with Gasteiger partial charge in [0.1, 0.15) is 11.3 Å². The molecule has 152 valence electrons. The number of benzene rings is 1. The van der Waals surface area contributed by atoms with Crippen LogP contribution in [0.3, 0.4) is 0 Å². The molecule has 1 saturated heterocycles. The molecule has 3 rings (SSSR count). The number of hydrogen-bond donors (Lipinski definition) is 0. The maximum absolute atomic E-state index is 13.5. The van der Waals surface area contributed by atoms with Crippen LogP contribution in [-0.2, 0) is 18.0 Å². The first kappa shape index (κ1) is 20.4. The Morgan fingerprint density at radius 2 is 1.86 bits per heavy atom. The van der Waals surface area contributed by atoms with Crippen LogP contribution in [0.2, 0.25) is 0 Å². The first-order chi connectivity index (χ1) is 13.5. The highest BCUT2D eigenvalue weighted by Gasteiger charge is 2.27. The number of rotatable bonds is 7. The fourth-order valence-electron chi connectivity index (χ4n) is 3.41. The maximum Gasteiger partial charge on any atom is 0.341 e. The van der Waals surface area contributed by atoms with Gasteiger partial charge >= 0.3 is 5.97 Å². The molecule has 0 N–H and O–H groups in total. The summed E-state index contributed by atoms with van der Waals surface area (Å²) < 4.78 is 33.1. The smallest absolute Gasteiger partial charge is 0.341 e. The molecule has 2 aromatic rings. The minimum Gasteiger partial charge on any atom is -0.462 e. The molecular weight excluding hydrogens is 366 g/mol. The van der Waals surface area contributed by atoms with Crippen molar-refractivity contribution in [1.82, 2.24) is 19.6 Å². The molecule has 6 nitrogen and oxygen atoms in total. The average molecular weight is 392 g/mol. The first-order valence-corrected chi connectivity index (χ1v) is 9.49. The summed E-state index contributed by atoms with van der Waals surface area (Å²) in [6, 6.07) is 8.32. The lowest BCUT2D eigenvalue weighted by molar-refractivity contribution is 0.0509. The van der Waals surface area contributed by atoms with Crippen molar-refractivity contribution in [2.45, 2.75) is 33.5 Å². The number of carbonyl (C=O) groups is 1. The van der Waals surface area contributed by atoms with Crippen LogP contribution in [0.15, 0.2) is 30.5 Å². The van der Waals surface area contributed by atoms with Gasteiger partial charge in [0.25, 0.3) is 6.43 Å². The van der Waals surface area contributed by atoms with Crippen LogP contribution in [-0.4, -0.2) is 58.3 Å². The Hall–Kier alpha value is -2.32. The molecule has 0 bridgehead atoms. The summed E-state index contributed by atoms with van der Waals surface area (Å²) >= 11 is 0. The number of alkyl halides is 2. The average Bonchev–Trinajstić information content (AvgIpc) is 3.09. The third-order valence-electron chi connectivity index (χ3n) is 5.04. The molecule has 0 unspecified atom stereocenters. The molecule has 0 spiro atoms. The van der Waals surface area contributed by atoms with E-state index in [4.69, 9.17) is 4.74 Å². The molecule has 1 fully saturated rings. The molecule has 1 aromatic heterocycles. The van der Waals surface area contributed by atoms with Gasteiger partial charge in [-0.15, -0.1) is 0 Å². The van der Waals surface area contributed by atoms with Gasteiger partial charge in [0.05, 0.1) is 19.5 Å². The molecule has 8 heteroatoms. The molecule has 0 radical (unpaired) electrons. The van der Waals surface area contributed by atoms with Gasteiger partial charge in [-0.05, 0) is 25.0 Å². The van der Waals surface area contributed by atoms with Crippen molar-refractivity contribution in [3.05, 3.63) is 52.8 Å². The zero-order valence-corrected chi connectivity index (χ0v) is 16.3. The van der Waals surface area contributed by atoms with E-state index < -0.39 is 12.4 Å². The molecule has 0 atom stereocenters. The maximum atomic E-state index is 13.5. The highest BCUT2D eigenvalue weighted by atomic mass is 19.3. The third-order valence-corrected chi connectivity index (χ3v) is 5.04. The van der Waals surface area contributed by atoms with Gasteiger partial charge in [-0.3, -0.25) is 9.80 Å². The fourth-order valence-corrected chi connectivity index (χ4v) is 3.41. The van der Waals surface area contributed by atoms with Gasteiger partial charge in [0.15, 0.2) is 0 Å². The Labute approximate surface area is 163 Å². The standard InChI is InChI=1S/C20H26F2N4O2/c1-3-28-20(27)17-12-23-26(18(17)19(21)22)14-25-10-8-24(9-11-25)13-16-7-5-4-6-15(16)2/h4-7,12,19H,3,8-11,13-14H2,1-2H3. The number of piperazine rings is 1. The van der Waals surface area contributed by atoms with Crippen LogP contribution in [0.25, 0.3) is 0 Å². The van der Waals surface area contributed by atoms with E-state index in [1.807, 2.05) is 12.1 Å². The van der Waals surface area contributed by atoms with Gasteiger partial charge in [0.2, 0.25) is 0 Å². The molecule has 1 aromatic carbocycles. The quantitative estimate of drug-likeness (QED) is 0.678. The van der Waals surface area contributed by atoms with Crippen LogP contribution in [0.4, 0.5) is 8.78 Å². The molecule has 0 amide bonds. The Balaban J connectivity index is 1.60. The number of carbonyl (C=O) groups excluding carboxylic acids is 1. The highest BCUT2D eigenvalue weighted by molar-refractivity contribution is 5.90. The molecular formula is C20H26F2N4O2. The van der Waals surface area contributed by atoms with Crippen molar-refractivity contribution in [3.63, 3.8) is 0 Å². The Kier molecular flexibility index (Phi) is 6.74. The summed E-state index contributed by atoms with van der Waals surface area (Å²) in [5.74, 6) is -0.757. The van der Waals surface area contributed by atoms with Crippen LogP contribution < -0.4 is 0 Å². The normalized spacial score (nSPS) is 15.9. The molecule has 0 saturated carbocycles. The summed E-state index contributed by atoms with van der Waals surface area (Å²) in [4.78, 5) is 16.3. The molecule has 2 heterocycles. The predicted octanol–water partition coefficient (Wildman–Crippen LogP) is 3.08. The predicted molar refractivity (Wildman–Crippen MR) is 101 cm³/mol. The van der Waals surface area contributed by atoms with Gasteiger partial charge < -0.3 is 4.74 Å². The second-order valence-electron chi connectivity index (χ2n) is 6.93. The van der Waals surface area contributed by atoms with Crippen molar-refractivity contribution in [2.75, 3.05) is 32.8 Å². The van der Waals surface area contributed by atoms with E-state index in [-0.39, 0.29) is 24.5 Å². The summed E-state index contributed by atoms with van der Waals surface area (Å²) in [7, 11) is 0. The van der Waals surface area contributed by atoms with E-state index >= 15 is 0 Å². The molecule has 28 heavy (non-hydrogen) atoms. The van der Waals surface area contributed by atoms with Crippen molar-refractivity contribution < 1.29 is 18.3 Å². The molecule has 1 aliphatic rings. The van der Waals surface area contributed by atoms with E-state index in [2.05, 4.69) is 34.0 Å². The monoisotopic (exact) mass is 392 g/mol. The second-order valence-corrected chi connectivity index (χ2v) is 6.93. The van der Waals surface area contributed by atoms with Gasteiger partial charge in [-0.2, -0.15) is 5.10 Å². The summed E-state index contributed by atoms with van der Waals surface area (Å²) in [6.07, 6.45) is -1.61. The van der Waals surface area contributed by atoms with E-state index in [9.17, 15) is 13.6 Å². The fraction of sp³-hybridized carbons (Fsp3) is 0.500. The van der Waals surface area contributed by atoms with Crippen LogP contribution in [0.5, 0.6) is 0 Å². The lowest BCUT2D eigenvalue weighted by Gasteiger charge is -2.35. The Bertz CT molecular complexity index is 801. The lowest BCUT2D eigenvalue weighted by atomic mass is 10.1. The van der Waals surface area contributed by atoms with E-state index in [1.165, 1.54) is 22.0 Å². The zero-order valence-electron chi connectivity index (χ0n) is 16.3. The number of hydrogen-bond acceptors (Lipinski definition) is 5. The lowest BCUT2D eigenvalue weighted by Crippen LogP contribution is -2.46. The number of aromatic nitrogens is 2. The summed E-state index contributed by atoms with van der Waals surface area (Å²) in [5, 5.41) is 4.01. The molecule has 0 aliphatic carbocycles. The SMILES string of the molecule is CCOC(=O)c1cnn(CN2CCN(Cc3ccccc3C)CC2)c1C(F)F. The van der Waals surface area contributed by atoms with Crippen LogP contribution in [0, 0.1) is 6.92 Å². The summed E-state index contributed by atoms with van der Waals surface area (Å²) in [6.45, 7) is 8.21. The number of aryl methyl sites for hydroxylation is 1. The van der Waals surface area contributed by atoms with Crippen molar-refractivity contribution in [1.29, 1.82) is 0 Å². The minimum atomic E-state index is -2.79. The van der Waals surface area contributed by atoms with Crippen molar-refractivity contribution >= 4 is 5.97 Å². The van der Waals surface area contributed by atoms with Gasteiger partial charge in [0, 0.05) is 32.7 Å². The Morgan fingerprint density at radius 1 is 1.18 bits per heavy atom. The number of esters is 1. The number of nitrogens with zero attached hydrogens (tertiary/aromatic N) is 4. The Morgan fingerprint density at radius 3 is 2.50 bits per heavy atom. The minimum absolute atomic E-state index is 0.134. The van der Waals surface area contributed by atoms with Crippen molar-refractivity contribution in [3.8, 4) is 0 Å². The van der Waals surface area contributed by atoms with E-state index in [1.54, 1.807) is 6.92 Å². The van der Waals surface area contributed by atoms with Gasteiger partial charge in [-0.1, -0.05) is 24.3 Å². The van der Waals surface area contributed by atoms with Gasteiger partial charge in [-0.25, -0.2) is 18.3 Å². The topological polar surface area (TPSA) is 50.6 Å². The first-order valence-electron chi connectivity index (χ1n) is 9.49. The van der Waals surface area contributed by atoms with E-state index in [0.717, 1.165) is 32.7 Å². The van der Waals surface area contributed by atoms with E-state index in [0.29, 0.717) is 0 Å². The largest absolute Gasteiger partial charge is 0.462 e. The van der Waals surface area contributed by atoms with Crippen molar-refractivity contribution in [2.24, 2.45) is 0 Å². The highest BCUT2D eigenvalue weighted by Crippen LogP contribution is 2.24. The number of ether oxygens (including phenoxy) is 1. The second kappa shape index (κ2) is 9.25. The zero-order chi connectivity index (χ0) is 20.1.